The van der Waals surface area contributed by atoms with Gasteiger partial charge >= 0.3 is 11.9 Å². The van der Waals surface area contributed by atoms with E-state index in [4.69, 9.17) is 18.9 Å². The van der Waals surface area contributed by atoms with Crippen LogP contribution >= 0.6 is 0 Å². The molecular formula is C26H32N2O10. The first-order valence-corrected chi connectivity index (χ1v) is 11.9. The van der Waals surface area contributed by atoms with E-state index in [-0.39, 0.29) is 63.9 Å². The minimum Gasteiger partial charge on any atom is -0.508 e. The van der Waals surface area contributed by atoms with Gasteiger partial charge in [0.1, 0.15) is 11.5 Å². The summed E-state index contributed by atoms with van der Waals surface area (Å²) in [6, 6.07) is 12.2. The second-order valence-electron chi connectivity index (χ2n) is 7.93. The summed E-state index contributed by atoms with van der Waals surface area (Å²) in [4.78, 5) is 46.9. The third-order valence-electron chi connectivity index (χ3n) is 4.81. The zero-order chi connectivity index (χ0) is 27.6. The number of benzene rings is 2. The van der Waals surface area contributed by atoms with Crippen LogP contribution in [0.15, 0.2) is 48.5 Å². The monoisotopic (exact) mass is 532 g/mol. The fourth-order valence-electron chi connectivity index (χ4n) is 2.90. The van der Waals surface area contributed by atoms with Gasteiger partial charge in [-0.15, -0.1) is 0 Å². The summed E-state index contributed by atoms with van der Waals surface area (Å²) in [5.41, 5.74) is 1.32. The highest BCUT2D eigenvalue weighted by Gasteiger charge is 2.10. The molecule has 0 heterocycles. The molecular weight excluding hydrogens is 500 g/mol. The molecule has 0 aromatic heterocycles. The quantitative estimate of drug-likeness (QED) is 0.163. The predicted octanol–water partition coefficient (Wildman–Crippen LogP) is 0.235. The van der Waals surface area contributed by atoms with Crippen molar-refractivity contribution in [3.8, 4) is 11.5 Å². The highest BCUT2D eigenvalue weighted by Crippen LogP contribution is 2.11. The van der Waals surface area contributed by atoms with Gasteiger partial charge in [0.15, 0.2) is 13.2 Å². The number of amides is 2. The number of hydrogen-bond acceptors (Lipinski definition) is 10. The summed E-state index contributed by atoms with van der Waals surface area (Å²) in [5.74, 6) is -1.82. The first kappa shape index (κ1) is 30.1. The fourth-order valence-corrected chi connectivity index (χ4v) is 2.90. The number of phenolic OH excluding ortho intramolecular Hbond substituents is 2. The molecule has 0 saturated heterocycles. The number of nitrogens with one attached hydrogen (secondary N) is 2. The molecule has 2 rings (SSSR count). The van der Waals surface area contributed by atoms with Crippen LogP contribution in [0.3, 0.4) is 0 Å². The van der Waals surface area contributed by atoms with Crippen LogP contribution < -0.4 is 10.6 Å². The SMILES string of the molecule is O=C(COC(=O)Cc1ccc(O)cc1)NCCOCCOCCNC(=O)COC(=O)Cc1ccc(O)cc1. The van der Waals surface area contributed by atoms with E-state index < -0.39 is 37.0 Å². The first-order chi connectivity index (χ1) is 18.3. The van der Waals surface area contributed by atoms with E-state index in [0.29, 0.717) is 11.1 Å². The number of carbonyl (C=O) groups is 4. The number of hydrogen-bond donors (Lipinski definition) is 4. The summed E-state index contributed by atoms with van der Waals surface area (Å²) in [6.07, 6.45) is -0.00816. The molecule has 38 heavy (non-hydrogen) atoms. The molecule has 0 atom stereocenters. The zero-order valence-electron chi connectivity index (χ0n) is 20.9. The maximum atomic E-state index is 11.7. The van der Waals surface area contributed by atoms with E-state index in [0.717, 1.165) is 0 Å². The van der Waals surface area contributed by atoms with Gasteiger partial charge in [0, 0.05) is 13.1 Å². The van der Waals surface area contributed by atoms with Crippen molar-refractivity contribution in [3.63, 3.8) is 0 Å². The second kappa shape index (κ2) is 17.3. The third kappa shape index (κ3) is 13.8. The molecule has 0 aliphatic heterocycles. The molecule has 0 spiro atoms. The molecule has 0 aliphatic carbocycles. The Labute approximate surface area is 219 Å². The van der Waals surface area contributed by atoms with Gasteiger partial charge in [0.05, 0.1) is 39.3 Å². The third-order valence-corrected chi connectivity index (χ3v) is 4.81. The highest BCUT2D eigenvalue weighted by molar-refractivity contribution is 5.81. The molecule has 0 aliphatic rings. The molecule has 2 aromatic rings. The Hall–Kier alpha value is -4.16. The smallest absolute Gasteiger partial charge is 0.310 e. The van der Waals surface area contributed by atoms with Crippen LogP contribution in [0.1, 0.15) is 11.1 Å². The van der Waals surface area contributed by atoms with E-state index in [1.54, 1.807) is 24.3 Å². The average Bonchev–Trinajstić information content (AvgIpc) is 2.90. The maximum absolute atomic E-state index is 11.7. The van der Waals surface area contributed by atoms with Gasteiger partial charge in [-0.1, -0.05) is 24.3 Å². The number of esters is 2. The van der Waals surface area contributed by atoms with E-state index in [1.165, 1.54) is 24.3 Å². The molecule has 12 heteroatoms. The standard InChI is InChI=1S/C26H32N2O10/c29-21-5-1-19(2-6-21)15-25(33)37-17-23(31)27-9-11-35-13-14-36-12-10-28-24(32)18-38-26(34)16-20-3-7-22(30)8-4-20/h1-8,29-30H,9-18H2,(H,27,31)(H,28,32). The van der Waals surface area contributed by atoms with Gasteiger partial charge in [-0.25, -0.2) is 0 Å². The van der Waals surface area contributed by atoms with Crippen molar-refractivity contribution in [1.29, 1.82) is 0 Å². The van der Waals surface area contributed by atoms with Gasteiger partial charge in [0.2, 0.25) is 0 Å². The van der Waals surface area contributed by atoms with E-state index in [1.807, 2.05) is 0 Å². The molecule has 0 bridgehead atoms. The van der Waals surface area contributed by atoms with Gasteiger partial charge < -0.3 is 39.8 Å². The van der Waals surface area contributed by atoms with Crippen LogP contribution in [-0.2, 0) is 51.0 Å². The van der Waals surface area contributed by atoms with Crippen molar-refractivity contribution in [3.05, 3.63) is 59.7 Å². The minimum atomic E-state index is -0.554. The molecule has 4 N–H and O–H groups in total. The molecule has 0 radical (unpaired) electrons. The fraction of sp³-hybridized carbons (Fsp3) is 0.385. The van der Waals surface area contributed by atoms with Gasteiger partial charge in [-0.05, 0) is 35.4 Å². The number of ether oxygens (including phenoxy) is 4. The number of carbonyl (C=O) groups excluding carboxylic acids is 4. The van der Waals surface area contributed by atoms with Crippen LogP contribution in [0.25, 0.3) is 0 Å². The second-order valence-corrected chi connectivity index (χ2v) is 7.93. The van der Waals surface area contributed by atoms with E-state index in [2.05, 4.69) is 10.6 Å². The highest BCUT2D eigenvalue weighted by atomic mass is 16.5. The van der Waals surface area contributed by atoms with Gasteiger partial charge in [0.25, 0.3) is 11.8 Å². The normalized spacial score (nSPS) is 10.4. The number of aromatic hydroxyl groups is 2. The lowest BCUT2D eigenvalue weighted by Crippen LogP contribution is -2.32. The molecule has 206 valence electrons. The van der Waals surface area contributed by atoms with Crippen molar-refractivity contribution in [2.75, 3.05) is 52.7 Å². The van der Waals surface area contributed by atoms with Crippen molar-refractivity contribution in [1.82, 2.24) is 10.6 Å². The summed E-state index contributed by atoms with van der Waals surface area (Å²) in [7, 11) is 0. The van der Waals surface area contributed by atoms with Crippen LogP contribution in [0.2, 0.25) is 0 Å². The Bertz CT molecular complexity index is 942. The number of rotatable bonds is 17. The topological polar surface area (TPSA) is 170 Å². The Kier molecular flexibility index (Phi) is 13.7. The van der Waals surface area contributed by atoms with Gasteiger partial charge in [-0.3, -0.25) is 19.2 Å². The Balaban J connectivity index is 1.37. The minimum absolute atomic E-state index is 0.00408. The molecule has 12 nitrogen and oxygen atoms in total. The van der Waals surface area contributed by atoms with Crippen LogP contribution in [-0.4, -0.2) is 86.7 Å². The van der Waals surface area contributed by atoms with Crippen molar-refractivity contribution in [2.45, 2.75) is 12.8 Å². The maximum Gasteiger partial charge on any atom is 0.310 e. The van der Waals surface area contributed by atoms with Crippen molar-refractivity contribution >= 4 is 23.8 Å². The molecule has 2 aromatic carbocycles. The van der Waals surface area contributed by atoms with Crippen LogP contribution in [0, 0.1) is 0 Å². The molecule has 2 amide bonds. The molecule has 0 unspecified atom stereocenters. The largest absolute Gasteiger partial charge is 0.508 e. The average molecular weight is 533 g/mol. The van der Waals surface area contributed by atoms with Crippen molar-refractivity contribution in [2.24, 2.45) is 0 Å². The Morgan fingerprint density at radius 3 is 1.32 bits per heavy atom. The van der Waals surface area contributed by atoms with E-state index >= 15 is 0 Å². The van der Waals surface area contributed by atoms with Crippen LogP contribution in [0.5, 0.6) is 11.5 Å². The summed E-state index contributed by atoms with van der Waals surface area (Å²) >= 11 is 0. The Morgan fingerprint density at radius 1 is 0.579 bits per heavy atom. The molecule has 0 saturated carbocycles. The van der Waals surface area contributed by atoms with E-state index in [9.17, 15) is 29.4 Å². The van der Waals surface area contributed by atoms with Crippen molar-refractivity contribution < 1.29 is 48.3 Å². The summed E-state index contributed by atoms with van der Waals surface area (Å²) in [5, 5.41) is 23.6. The summed E-state index contributed by atoms with van der Waals surface area (Å²) < 4.78 is 20.5. The Morgan fingerprint density at radius 2 is 0.947 bits per heavy atom. The molecule has 0 fully saturated rings. The summed E-state index contributed by atoms with van der Waals surface area (Å²) in [6.45, 7) is 0.699. The lowest BCUT2D eigenvalue weighted by atomic mass is 10.1. The predicted molar refractivity (Wildman–Crippen MR) is 133 cm³/mol. The lowest BCUT2D eigenvalue weighted by Gasteiger charge is -2.09. The first-order valence-electron chi connectivity index (χ1n) is 11.9. The lowest BCUT2D eigenvalue weighted by molar-refractivity contribution is -0.148. The zero-order valence-corrected chi connectivity index (χ0v) is 20.9. The van der Waals surface area contributed by atoms with Crippen LogP contribution in [0.4, 0.5) is 0 Å². The number of phenols is 2. The van der Waals surface area contributed by atoms with Gasteiger partial charge in [-0.2, -0.15) is 0 Å².